The van der Waals surface area contributed by atoms with Gasteiger partial charge >= 0.3 is 5.97 Å². The average molecular weight is 369 g/mol. The molecule has 6 nitrogen and oxygen atoms in total. The van der Waals surface area contributed by atoms with E-state index in [9.17, 15) is 9.59 Å². The van der Waals surface area contributed by atoms with Crippen LogP contribution in [0.1, 0.15) is 34.2 Å². The van der Waals surface area contributed by atoms with E-state index in [1.54, 1.807) is 25.1 Å². The van der Waals surface area contributed by atoms with Crippen LogP contribution in [0.2, 0.25) is 0 Å². The molecule has 134 valence electrons. The molecule has 0 spiro atoms. The Morgan fingerprint density at radius 3 is 2.69 bits per heavy atom. The second kappa shape index (κ2) is 7.13. The highest BCUT2D eigenvalue weighted by Gasteiger charge is 2.21. The second-order valence-electron chi connectivity index (χ2n) is 5.90. The molecule has 2 aromatic rings. The highest BCUT2D eigenvalue weighted by molar-refractivity contribution is 7.80. The molecule has 1 aliphatic heterocycles. The van der Waals surface area contributed by atoms with Gasteiger partial charge in [0.1, 0.15) is 5.70 Å². The molecule has 1 aromatic carbocycles. The van der Waals surface area contributed by atoms with E-state index in [-0.39, 0.29) is 11.9 Å². The molecule has 2 heterocycles. The largest absolute Gasteiger partial charge is 0.462 e. The highest BCUT2D eigenvalue weighted by Crippen LogP contribution is 2.24. The molecular formula is C19H19N3O3S. The minimum atomic E-state index is -0.348. The first-order valence-corrected chi connectivity index (χ1v) is 8.62. The molecule has 3 rings (SSSR count). The number of benzene rings is 1. The first-order valence-electron chi connectivity index (χ1n) is 8.21. The topological polar surface area (TPSA) is 72.4 Å². The van der Waals surface area contributed by atoms with Crippen LogP contribution in [0.25, 0.3) is 11.8 Å². The van der Waals surface area contributed by atoms with Crippen LogP contribution in [0.5, 0.6) is 0 Å². The van der Waals surface area contributed by atoms with E-state index >= 15 is 0 Å². The Morgan fingerprint density at radius 1 is 1.27 bits per heavy atom. The van der Waals surface area contributed by atoms with Crippen molar-refractivity contribution in [2.24, 2.45) is 0 Å². The van der Waals surface area contributed by atoms with E-state index in [1.807, 2.05) is 36.6 Å². The smallest absolute Gasteiger partial charge is 0.338 e. The third kappa shape index (κ3) is 3.39. The maximum absolute atomic E-state index is 12.0. The number of rotatable bonds is 4. The Hall–Kier alpha value is -2.93. The fourth-order valence-electron chi connectivity index (χ4n) is 2.96. The van der Waals surface area contributed by atoms with E-state index in [0.29, 0.717) is 23.0 Å². The predicted octanol–water partition coefficient (Wildman–Crippen LogP) is 2.62. The number of carbonyl (C=O) groups is 2. The van der Waals surface area contributed by atoms with Gasteiger partial charge in [-0.05, 0) is 68.9 Å². The van der Waals surface area contributed by atoms with Gasteiger partial charge in [0.25, 0.3) is 5.91 Å². The number of hydrogen-bond donors (Lipinski definition) is 2. The number of nitrogens with one attached hydrogen (secondary N) is 2. The normalized spacial score (nSPS) is 15.1. The summed E-state index contributed by atoms with van der Waals surface area (Å²) in [4.78, 5) is 23.9. The fourth-order valence-corrected chi connectivity index (χ4v) is 3.16. The van der Waals surface area contributed by atoms with Gasteiger partial charge in [-0.25, -0.2) is 4.79 Å². The van der Waals surface area contributed by atoms with Gasteiger partial charge in [-0.15, -0.1) is 0 Å². The molecule has 0 unspecified atom stereocenters. The van der Waals surface area contributed by atoms with Crippen molar-refractivity contribution in [2.75, 3.05) is 6.61 Å². The summed E-state index contributed by atoms with van der Waals surface area (Å²) < 4.78 is 7.10. The molecule has 1 aliphatic rings. The summed E-state index contributed by atoms with van der Waals surface area (Å²) in [6.07, 6.45) is 1.77. The first kappa shape index (κ1) is 17.9. The van der Waals surface area contributed by atoms with Crippen molar-refractivity contribution in [3.05, 3.63) is 58.5 Å². The molecule has 26 heavy (non-hydrogen) atoms. The van der Waals surface area contributed by atoms with Crippen LogP contribution in [0.4, 0.5) is 0 Å². The van der Waals surface area contributed by atoms with E-state index in [2.05, 4.69) is 10.6 Å². The van der Waals surface area contributed by atoms with Crippen LogP contribution in [-0.2, 0) is 9.53 Å². The molecule has 0 radical (unpaired) electrons. The number of esters is 1. The van der Waals surface area contributed by atoms with Crippen molar-refractivity contribution in [3.63, 3.8) is 0 Å². The van der Waals surface area contributed by atoms with Crippen LogP contribution < -0.4 is 10.6 Å². The van der Waals surface area contributed by atoms with Crippen LogP contribution in [0.3, 0.4) is 0 Å². The molecule has 1 fully saturated rings. The van der Waals surface area contributed by atoms with Gasteiger partial charge in [-0.1, -0.05) is 6.07 Å². The Labute approximate surface area is 156 Å². The van der Waals surface area contributed by atoms with Crippen molar-refractivity contribution in [1.29, 1.82) is 0 Å². The number of nitrogens with zero attached hydrogens (tertiary/aromatic N) is 1. The van der Waals surface area contributed by atoms with Crippen LogP contribution in [0.15, 0.2) is 36.0 Å². The summed E-state index contributed by atoms with van der Waals surface area (Å²) in [7, 11) is 0. The minimum Gasteiger partial charge on any atom is -0.462 e. The molecule has 1 saturated heterocycles. The zero-order chi connectivity index (χ0) is 18.8. The lowest BCUT2D eigenvalue weighted by Gasteiger charge is -2.11. The van der Waals surface area contributed by atoms with Gasteiger partial charge in [0.05, 0.1) is 12.2 Å². The number of carbonyl (C=O) groups excluding carboxylic acids is 2. The Kier molecular flexibility index (Phi) is 4.90. The van der Waals surface area contributed by atoms with E-state index in [1.165, 1.54) is 0 Å². The second-order valence-corrected chi connectivity index (χ2v) is 6.31. The monoisotopic (exact) mass is 369 g/mol. The summed E-state index contributed by atoms with van der Waals surface area (Å²) in [5, 5.41) is 5.70. The number of hydrogen-bond acceptors (Lipinski definition) is 4. The van der Waals surface area contributed by atoms with Gasteiger partial charge in [0.15, 0.2) is 5.11 Å². The first-order chi connectivity index (χ1) is 12.4. The lowest BCUT2D eigenvalue weighted by molar-refractivity contribution is -0.115. The van der Waals surface area contributed by atoms with Gasteiger partial charge in [0.2, 0.25) is 0 Å². The molecule has 0 aliphatic carbocycles. The summed E-state index contributed by atoms with van der Waals surface area (Å²) in [5.41, 5.74) is 4.59. The SMILES string of the molecule is CCOC(=O)c1cccc(-n2c(C)cc(/C=C3/NC(=S)NC3=O)c2C)c1. The molecule has 0 bridgehead atoms. The number of aromatic nitrogens is 1. The van der Waals surface area contributed by atoms with Crippen molar-refractivity contribution in [3.8, 4) is 5.69 Å². The quantitative estimate of drug-likeness (QED) is 0.492. The van der Waals surface area contributed by atoms with Gasteiger partial charge in [-0.3, -0.25) is 10.1 Å². The van der Waals surface area contributed by atoms with E-state index in [4.69, 9.17) is 17.0 Å². The lowest BCUT2D eigenvalue weighted by atomic mass is 10.2. The molecule has 1 amide bonds. The summed E-state index contributed by atoms with van der Waals surface area (Å²) in [5.74, 6) is -0.594. The highest BCUT2D eigenvalue weighted by atomic mass is 32.1. The summed E-state index contributed by atoms with van der Waals surface area (Å²) >= 11 is 4.96. The molecule has 2 N–H and O–H groups in total. The molecular weight excluding hydrogens is 350 g/mol. The van der Waals surface area contributed by atoms with Crippen molar-refractivity contribution < 1.29 is 14.3 Å². The Balaban J connectivity index is 2.00. The maximum atomic E-state index is 12.0. The van der Waals surface area contributed by atoms with Crippen molar-refractivity contribution in [1.82, 2.24) is 15.2 Å². The van der Waals surface area contributed by atoms with Gasteiger partial charge < -0.3 is 14.6 Å². The predicted molar refractivity (Wildman–Crippen MR) is 103 cm³/mol. The van der Waals surface area contributed by atoms with E-state index in [0.717, 1.165) is 22.6 Å². The molecule has 1 aromatic heterocycles. The molecule has 0 saturated carbocycles. The third-order valence-corrected chi connectivity index (χ3v) is 4.31. The minimum absolute atomic E-state index is 0.246. The zero-order valence-corrected chi connectivity index (χ0v) is 15.6. The molecule has 0 atom stereocenters. The maximum Gasteiger partial charge on any atom is 0.338 e. The van der Waals surface area contributed by atoms with Gasteiger partial charge in [0, 0.05) is 17.1 Å². The third-order valence-electron chi connectivity index (χ3n) is 4.11. The number of ether oxygens (including phenoxy) is 1. The Bertz CT molecular complexity index is 944. The Morgan fingerprint density at radius 2 is 2.04 bits per heavy atom. The van der Waals surface area contributed by atoms with Crippen molar-refractivity contribution >= 4 is 35.3 Å². The lowest BCUT2D eigenvalue weighted by Crippen LogP contribution is -2.21. The van der Waals surface area contributed by atoms with Crippen LogP contribution in [-0.4, -0.2) is 28.2 Å². The zero-order valence-electron chi connectivity index (χ0n) is 14.8. The summed E-state index contributed by atoms with van der Waals surface area (Å²) in [6, 6.07) is 9.25. The standard InChI is InChI=1S/C19H19N3O3S/c1-4-25-18(24)13-6-5-7-15(9-13)22-11(2)8-14(12(22)3)10-16-17(23)21-19(26)20-16/h5-10H,4H2,1-3H3,(H2,20,21,23,26)/b16-10+. The number of amides is 1. The summed E-state index contributed by atoms with van der Waals surface area (Å²) in [6.45, 7) is 6.04. The van der Waals surface area contributed by atoms with Gasteiger partial charge in [-0.2, -0.15) is 0 Å². The van der Waals surface area contributed by atoms with Crippen LogP contribution in [0, 0.1) is 13.8 Å². The van der Waals surface area contributed by atoms with E-state index < -0.39 is 0 Å². The van der Waals surface area contributed by atoms with Crippen LogP contribution >= 0.6 is 12.2 Å². The fraction of sp³-hybridized carbons (Fsp3) is 0.211. The van der Waals surface area contributed by atoms with Crippen molar-refractivity contribution in [2.45, 2.75) is 20.8 Å². The number of thiocarbonyl (C=S) groups is 1. The molecule has 7 heteroatoms. The average Bonchev–Trinajstić information content (AvgIpc) is 3.06. The number of aryl methyl sites for hydroxylation is 1.